The van der Waals surface area contributed by atoms with Crippen LogP contribution in [0.4, 0.5) is 0 Å². The second-order valence-corrected chi connectivity index (χ2v) is 5.50. The minimum absolute atomic E-state index is 0.171. The van der Waals surface area contributed by atoms with Gasteiger partial charge in [0.15, 0.2) is 0 Å². The van der Waals surface area contributed by atoms with E-state index >= 15 is 0 Å². The highest BCUT2D eigenvalue weighted by molar-refractivity contribution is 5.89. The molecule has 0 fully saturated rings. The molecule has 1 rings (SSSR count). The standard InChI is InChI=1S/C16H22O3.2C2H6/c1-4-14(17)10-11-16(2,3)12-19-15(18)13-8-6-5-7-9-13;2*1-2/h5-9H,4,10-12H2,1-3H3;2*1-2H3. The highest BCUT2D eigenvalue weighted by atomic mass is 16.5. The number of ether oxygens (including phenoxy) is 1. The average Bonchev–Trinajstić information content (AvgIpc) is 2.62. The van der Waals surface area contributed by atoms with Crippen LogP contribution in [0.15, 0.2) is 30.3 Å². The average molecular weight is 322 g/mol. The number of benzene rings is 1. The van der Waals surface area contributed by atoms with Gasteiger partial charge in [0, 0.05) is 12.8 Å². The molecule has 0 saturated carbocycles. The summed E-state index contributed by atoms with van der Waals surface area (Å²) in [6.07, 6.45) is 1.86. The van der Waals surface area contributed by atoms with Gasteiger partial charge < -0.3 is 4.74 Å². The number of hydrogen-bond donors (Lipinski definition) is 0. The van der Waals surface area contributed by atoms with E-state index in [1.165, 1.54) is 0 Å². The monoisotopic (exact) mass is 322 g/mol. The van der Waals surface area contributed by atoms with E-state index < -0.39 is 0 Å². The van der Waals surface area contributed by atoms with Crippen molar-refractivity contribution in [2.75, 3.05) is 6.61 Å². The second kappa shape index (κ2) is 14.0. The van der Waals surface area contributed by atoms with Gasteiger partial charge in [0.25, 0.3) is 0 Å². The fraction of sp³-hybridized carbons (Fsp3) is 0.600. The van der Waals surface area contributed by atoms with Crippen molar-refractivity contribution in [2.24, 2.45) is 5.41 Å². The van der Waals surface area contributed by atoms with Crippen LogP contribution in [0, 0.1) is 5.41 Å². The molecule has 1 aromatic rings. The number of esters is 1. The maximum atomic E-state index is 11.8. The highest BCUT2D eigenvalue weighted by Crippen LogP contribution is 2.23. The molecule has 0 saturated heterocycles. The van der Waals surface area contributed by atoms with Gasteiger partial charge in [-0.1, -0.05) is 66.7 Å². The van der Waals surface area contributed by atoms with Crippen molar-refractivity contribution in [3.63, 3.8) is 0 Å². The lowest BCUT2D eigenvalue weighted by molar-refractivity contribution is -0.119. The van der Waals surface area contributed by atoms with Gasteiger partial charge in [-0.2, -0.15) is 0 Å². The number of carbonyl (C=O) groups excluding carboxylic acids is 2. The van der Waals surface area contributed by atoms with Gasteiger partial charge in [-0.05, 0) is 24.0 Å². The lowest BCUT2D eigenvalue weighted by atomic mass is 9.87. The Kier molecular flexibility index (Phi) is 14.4. The Hall–Kier alpha value is -1.64. The predicted octanol–water partition coefficient (Wildman–Crippen LogP) is 5.68. The zero-order valence-electron chi connectivity index (χ0n) is 15.9. The molecule has 0 aromatic heterocycles. The second-order valence-electron chi connectivity index (χ2n) is 5.50. The van der Waals surface area contributed by atoms with E-state index in [1.807, 2.05) is 66.7 Å². The summed E-state index contributed by atoms with van der Waals surface area (Å²) in [7, 11) is 0. The summed E-state index contributed by atoms with van der Waals surface area (Å²) in [5.74, 6) is -0.0575. The molecule has 1 aromatic carbocycles. The molecule has 0 aliphatic heterocycles. The first-order chi connectivity index (χ1) is 10.9. The molecule has 0 heterocycles. The molecular weight excluding hydrogens is 288 g/mol. The summed E-state index contributed by atoms with van der Waals surface area (Å²) in [4.78, 5) is 23.1. The normalized spacial score (nSPS) is 9.70. The van der Waals surface area contributed by atoms with Crippen LogP contribution in [-0.4, -0.2) is 18.4 Å². The number of ketones is 1. The van der Waals surface area contributed by atoms with Gasteiger partial charge in [0.05, 0.1) is 12.2 Å². The van der Waals surface area contributed by atoms with Crippen LogP contribution in [0.1, 0.15) is 78.1 Å². The first kappa shape index (κ1) is 23.6. The van der Waals surface area contributed by atoms with Crippen LogP contribution < -0.4 is 0 Å². The Morgan fingerprint density at radius 3 is 2.00 bits per heavy atom. The molecule has 0 atom stereocenters. The van der Waals surface area contributed by atoms with Gasteiger partial charge >= 0.3 is 5.97 Å². The van der Waals surface area contributed by atoms with Crippen LogP contribution in [0.5, 0.6) is 0 Å². The van der Waals surface area contributed by atoms with Gasteiger partial charge in [0.1, 0.15) is 5.78 Å². The largest absolute Gasteiger partial charge is 0.462 e. The van der Waals surface area contributed by atoms with Crippen molar-refractivity contribution < 1.29 is 14.3 Å². The minimum atomic E-state index is -0.310. The van der Waals surface area contributed by atoms with E-state index in [1.54, 1.807) is 12.1 Å². The lowest BCUT2D eigenvalue weighted by Crippen LogP contribution is -2.23. The quantitative estimate of drug-likeness (QED) is 0.606. The molecule has 23 heavy (non-hydrogen) atoms. The van der Waals surface area contributed by atoms with Crippen LogP contribution in [0.2, 0.25) is 0 Å². The third-order valence-electron chi connectivity index (χ3n) is 3.08. The molecular formula is C20H34O3. The number of carbonyl (C=O) groups is 2. The van der Waals surface area contributed by atoms with Crippen LogP contribution in [0.25, 0.3) is 0 Å². The summed E-state index contributed by atoms with van der Waals surface area (Å²) in [5, 5.41) is 0. The third-order valence-corrected chi connectivity index (χ3v) is 3.08. The summed E-state index contributed by atoms with van der Waals surface area (Å²) in [5.41, 5.74) is 0.387. The smallest absolute Gasteiger partial charge is 0.338 e. The van der Waals surface area contributed by atoms with Gasteiger partial charge in [-0.25, -0.2) is 4.79 Å². The molecule has 0 spiro atoms. The molecule has 0 unspecified atom stereocenters. The number of rotatable bonds is 7. The summed E-state index contributed by atoms with van der Waals surface area (Å²) >= 11 is 0. The van der Waals surface area contributed by atoms with Crippen molar-refractivity contribution in [1.82, 2.24) is 0 Å². The molecule has 3 nitrogen and oxygen atoms in total. The van der Waals surface area contributed by atoms with Crippen LogP contribution in [-0.2, 0) is 9.53 Å². The van der Waals surface area contributed by atoms with Crippen molar-refractivity contribution in [1.29, 1.82) is 0 Å². The number of hydrogen-bond acceptors (Lipinski definition) is 3. The predicted molar refractivity (Wildman–Crippen MR) is 97.7 cm³/mol. The molecule has 132 valence electrons. The Labute approximate surface area is 142 Å². The van der Waals surface area contributed by atoms with Crippen molar-refractivity contribution in [2.45, 2.75) is 67.7 Å². The summed E-state index contributed by atoms with van der Waals surface area (Å²) in [6.45, 7) is 14.2. The van der Waals surface area contributed by atoms with Gasteiger partial charge in [-0.15, -0.1) is 0 Å². The first-order valence-corrected chi connectivity index (χ1v) is 8.68. The van der Waals surface area contributed by atoms with E-state index in [9.17, 15) is 9.59 Å². The lowest BCUT2D eigenvalue weighted by Gasteiger charge is -2.23. The minimum Gasteiger partial charge on any atom is -0.462 e. The Morgan fingerprint density at radius 1 is 1.00 bits per heavy atom. The van der Waals surface area contributed by atoms with E-state index in [-0.39, 0.29) is 17.2 Å². The zero-order valence-corrected chi connectivity index (χ0v) is 15.9. The van der Waals surface area contributed by atoms with Gasteiger partial charge in [0.2, 0.25) is 0 Å². The van der Waals surface area contributed by atoms with E-state index in [4.69, 9.17) is 4.74 Å². The van der Waals surface area contributed by atoms with Crippen LogP contribution in [0.3, 0.4) is 0 Å². The molecule has 0 bridgehead atoms. The molecule has 0 radical (unpaired) electrons. The van der Waals surface area contributed by atoms with Crippen molar-refractivity contribution >= 4 is 11.8 Å². The molecule has 0 N–H and O–H groups in total. The highest BCUT2D eigenvalue weighted by Gasteiger charge is 2.21. The molecule has 0 aliphatic carbocycles. The maximum absolute atomic E-state index is 11.8. The molecule has 0 aliphatic rings. The van der Waals surface area contributed by atoms with E-state index in [2.05, 4.69) is 0 Å². The Morgan fingerprint density at radius 2 is 1.52 bits per heavy atom. The topological polar surface area (TPSA) is 43.4 Å². The van der Waals surface area contributed by atoms with E-state index in [0.29, 0.717) is 25.0 Å². The molecule has 0 amide bonds. The zero-order chi connectivity index (χ0) is 18.3. The third kappa shape index (κ3) is 11.6. The maximum Gasteiger partial charge on any atom is 0.338 e. The van der Waals surface area contributed by atoms with Gasteiger partial charge in [-0.3, -0.25) is 4.79 Å². The van der Waals surface area contributed by atoms with E-state index in [0.717, 1.165) is 6.42 Å². The van der Waals surface area contributed by atoms with Crippen molar-refractivity contribution in [3.05, 3.63) is 35.9 Å². The van der Waals surface area contributed by atoms with Crippen molar-refractivity contribution in [3.8, 4) is 0 Å². The first-order valence-electron chi connectivity index (χ1n) is 8.68. The Balaban J connectivity index is 0. The molecule has 3 heteroatoms. The SMILES string of the molecule is CC.CC.CCC(=O)CCC(C)(C)COC(=O)c1ccccc1. The van der Waals surface area contributed by atoms with Crippen LogP contribution >= 0.6 is 0 Å². The fourth-order valence-corrected chi connectivity index (χ4v) is 1.65. The fourth-order valence-electron chi connectivity index (χ4n) is 1.65. The number of Topliss-reactive ketones (excluding diaryl/α,β-unsaturated/α-hetero) is 1. The summed E-state index contributed by atoms with van der Waals surface area (Å²) in [6, 6.07) is 8.94. The summed E-state index contributed by atoms with van der Waals surface area (Å²) < 4.78 is 5.31. The Bertz CT molecular complexity index is 422.